The van der Waals surface area contributed by atoms with Crippen molar-refractivity contribution in [1.29, 1.82) is 0 Å². The van der Waals surface area contributed by atoms with Crippen molar-refractivity contribution < 1.29 is 23.8 Å². The molecule has 0 saturated carbocycles. The van der Waals surface area contributed by atoms with Gasteiger partial charge in [-0.3, -0.25) is 19.5 Å². The van der Waals surface area contributed by atoms with Gasteiger partial charge in [-0.15, -0.1) is 0 Å². The Hall–Kier alpha value is -3.87. The number of nitrogens with zero attached hydrogens (tertiary/aromatic N) is 2. The highest BCUT2D eigenvalue weighted by atomic mass is 16.5. The van der Waals surface area contributed by atoms with Gasteiger partial charge in [0.1, 0.15) is 5.75 Å². The minimum Gasteiger partial charge on any atom is -0.503 e. The predicted octanol–water partition coefficient (Wildman–Crippen LogP) is 3.86. The Morgan fingerprint density at radius 3 is 2.52 bits per heavy atom. The third-order valence-corrected chi connectivity index (χ3v) is 4.65. The summed E-state index contributed by atoms with van der Waals surface area (Å²) in [6, 6.07) is 12.6. The van der Waals surface area contributed by atoms with Gasteiger partial charge in [0.25, 0.3) is 5.91 Å². The van der Waals surface area contributed by atoms with Crippen LogP contribution in [0.4, 0.5) is 5.69 Å². The van der Waals surface area contributed by atoms with Gasteiger partial charge in [-0.05, 0) is 61.0 Å². The first-order valence-corrected chi connectivity index (χ1v) is 9.09. The topological polar surface area (TPSA) is 92.9 Å². The fraction of sp³-hybridized carbons (Fsp3) is 0.136. The molecule has 0 fully saturated rings. The van der Waals surface area contributed by atoms with Crippen molar-refractivity contribution in [2.45, 2.75) is 13.0 Å². The van der Waals surface area contributed by atoms with Crippen molar-refractivity contribution >= 4 is 17.4 Å². The molecule has 7 nitrogen and oxygen atoms in total. The Kier molecular flexibility index (Phi) is 4.87. The molecular weight excluding hydrogens is 372 g/mol. The number of hydrogen-bond acceptors (Lipinski definition) is 6. The van der Waals surface area contributed by atoms with E-state index in [4.69, 9.17) is 9.15 Å². The summed E-state index contributed by atoms with van der Waals surface area (Å²) >= 11 is 0. The van der Waals surface area contributed by atoms with Crippen LogP contribution in [0.5, 0.6) is 5.75 Å². The number of aliphatic hydroxyl groups is 1. The number of furan rings is 1. The van der Waals surface area contributed by atoms with Crippen molar-refractivity contribution in [3.8, 4) is 5.75 Å². The molecular formula is C22H18N2O5. The van der Waals surface area contributed by atoms with Gasteiger partial charge in [-0.1, -0.05) is 0 Å². The first-order valence-electron chi connectivity index (χ1n) is 9.09. The highest BCUT2D eigenvalue weighted by Gasteiger charge is 2.45. The van der Waals surface area contributed by atoms with Gasteiger partial charge >= 0.3 is 0 Å². The molecule has 1 N–H and O–H groups in total. The van der Waals surface area contributed by atoms with Gasteiger partial charge in [-0.25, -0.2) is 0 Å². The number of anilines is 1. The van der Waals surface area contributed by atoms with E-state index in [0.717, 1.165) is 0 Å². The number of benzene rings is 1. The number of Topliss-reactive ketones (excluding diaryl/α,β-unsaturated/α-hetero) is 1. The fourth-order valence-electron chi connectivity index (χ4n) is 3.37. The number of hydrogen-bond donors (Lipinski definition) is 1. The highest BCUT2D eigenvalue weighted by molar-refractivity contribution is 6.20. The summed E-state index contributed by atoms with van der Waals surface area (Å²) in [4.78, 5) is 31.4. The van der Waals surface area contributed by atoms with Gasteiger partial charge in [0.15, 0.2) is 11.5 Å². The first-order chi connectivity index (χ1) is 14.1. The molecule has 7 heteroatoms. The molecule has 1 unspecified atom stereocenters. The van der Waals surface area contributed by atoms with E-state index in [-0.39, 0.29) is 11.3 Å². The molecule has 0 spiro atoms. The lowest BCUT2D eigenvalue weighted by molar-refractivity contribution is -0.117. The van der Waals surface area contributed by atoms with E-state index in [2.05, 4.69) is 4.98 Å². The predicted molar refractivity (Wildman–Crippen MR) is 105 cm³/mol. The lowest BCUT2D eigenvalue weighted by atomic mass is 9.95. The maximum absolute atomic E-state index is 13.0. The van der Waals surface area contributed by atoms with E-state index in [9.17, 15) is 14.7 Å². The van der Waals surface area contributed by atoms with Crippen LogP contribution in [0.2, 0.25) is 0 Å². The molecule has 0 radical (unpaired) electrons. The van der Waals surface area contributed by atoms with Crippen molar-refractivity contribution in [3.63, 3.8) is 0 Å². The number of aromatic nitrogens is 1. The van der Waals surface area contributed by atoms with E-state index < -0.39 is 23.5 Å². The molecule has 1 atom stereocenters. The summed E-state index contributed by atoms with van der Waals surface area (Å²) in [6.45, 7) is 2.40. The molecule has 1 aliphatic heterocycles. The molecule has 146 valence electrons. The second kappa shape index (κ2) is 7.63. The molecule has 1 aliphatic rings. The highest BCUT2D eigenvalue weighted by Crippen LogP contribution is 2.42. The van der Waals surface area contributed by atoms with E-state index in [1.165, 1.54) is 17.2 Å². The smallest absolute Gasteiger partial charge is 0.294 e. The third kappa shape index (κ3) is 3.27. The third-order valence-electron chi connectivity index (χ3n) is 4.65. The molecule has 1 aromatic carbocycles. The van der Waals surface area contributed by atoms with E-state index in [1.54, 1.807) is 54.9 Å². The molecule has 2 aromatic heterocycles. The van der Waals surface area contributed by atoms with Crippen LogP contribution in [0.1, 0.15) is 29.1 Å². The van der Waals surface area contributed by atoms with Crippen molar-refractivity contribution in [2.24, 2.45) is 0 Å². The number of carbonyl (C=O) groups is 2. The molecule has 29 heavy (non-hydrogen) atoms. The fourth-order valence-corrected chi connectivity index (χ4v) is 3.37. The number of pyridine rings is 1. The van der Waals surface area contributed by atoms with Crippen LogP contribution in [-0.2, 0) is 4.79 Å². The van der Waals surface area contributed by atoms with Crippen LogP contribution in [0.3, 0.4) is 0 Å². The zero-order chi connectivity index (χ0) is 20.4. The van der Waals surface area contributed by atoms with Gasteiger partial charge in [0, 0.05) is 18.1 Å². The number of ketones is 1. The minimum absolute atomic E-state index is 0.0370. The Balaban J connectivity index is 1.81. The Bertz CT molecular complexity index is 1060. The molecule has 0 bridgehead atoms. The van der Waals surface area contributed by atoms with Crippen molar-refractivity contribution in [1.82, 2.24) is 4.98 Å². The molecule has 1 amide bonds. The van der Waals surface area contributed by atoms with Gasteiger partial charge in [-0.2, -0.15) is 0 Å². The average molecular weight is 390 g/mol. The molecule has 4 rings (SSSR count). The van der Waals surface area contributed by atoms with Crippen LogP contribution in [-0.4, -0.2) is 28.4 Å². The monoisotopic (exact) mass is 390 g/mol. The lowest BCUT2D eigenvalue weighted by Crippen LogP contribution is -2.31. The zero-order valence-electron chi connectivity index (χ0n) is 15.6. The molecule has 0 aliphatic carbocycles. The van der Waals surface area contributed by atoms with E-state index in [1.807, 2.05) is 6.92 Å². The maximum Gasteiger partial charge on any atom is 0.294 e. The van der Waals surface area contributed by atoms with Crippen LogP contribution in [0.15, 0.2) is 82.9 Å². The number of rotatable bonds is 6. The number of ether oxygens (including phenoxy) is 1. The number of carbonyl (C=O) groups excluding carboxylic acids is 2. The summed E-state index contributed by atoms with van der Waals surface area (Å²) in [5.74, 6) is -1.09. The molecule has 3 heterocycles. The average Bonchev–Trinajstić information content (AvgIpc) is 3.37. The largest absolute Gasteiger partial charge is 0.503 e. The van der Waals surface area contributed by atoms with Gasteiger partial charge in [0.05, 0.1) is 24.5 Å². The number of amides is 1. The van der Waals surface area contributed by atoms with Crippen molar-refractivity contribution in [2.75, 3.05) is 11.5 Å². The van der Waals surface area contributed by atoms with Crippen LogP contribution in [0, 0.1) is 0 Å². The van der Waals surface area contributed by atoms with Crippen molar-refractivity contribution in [3.05, 3.63) is 89.8 Å². The van der Waals surface area contributed by atoms with Crippen LogP contribution in [0.25, 0.3) is 0 Å². The Morgan fingerprint density at radius 1 is 1.17 bits per heavy atom. The lowest BCUT2D eigenvalue weighted by Gasteiger charge is -2.26. The Morgan fingerprint density at radius 2 is 1.90 bits per heavy atom. The Labute approximate surface area is 166 Å². The quantitative estimate of drug-likeness (QED) is 0.643. The summed E-state index contributed by atoms with van der Waals surface area (Å²) in [5.41, 5.74) is 1.13. The van der Waals surface area contributed by atoms with Crippen LogP contribution < -0.4 is 9.64 Å². The van der Waals surface area contributed by atoms with E-state index >= 15 is 0 Å². The maximum atomic E-state index is 13.0. The normalized spacial score (nSPS) is 16.4. The summed E-state index contributed by atoms with van der Waals surface area (Å²) < 4.78 is 10.7. The summed E-state index contributed by atoms with van der Waals surface area (Å²) in [6.07, 6.45) is 4.51. The second-order valence-electron chi connectivity index (χ2n) is 6.35. The summed E-state index contributed by atoms with van der Waals surface area (Å²) in [7, 11) is 0. The zero-order valence-corrected chi connectivity index (χ0v) is 15.6. The summed E-state index contributed by atoms with van der Waals surface area (Å²) in [5, 5.41) is 10.6. The molecule has 3 aromatic rings. The van der Waals surface area contributed by atoms with Crippen LogP contribution >= 0.6 is 0 Å². The second-order valence-corrected chi connectivity index (χ2v) is 6.35. The van der Waals surface area contributed by atoms with E-state index in [0.29, 0.717) is 23.6 Å². The molecule has 0 saturated heterocycles. The standard InChI is InChI=1S/C22H18N2O5/c1-2-28-16-7-5-15(6-8-16)24-19(14-9-11-23-12-10-14)18(21(26)22(24)27)20(25)17-4-3-13-29-17/h3-13,19,26H,2H2,1H3. The SMILES string of the molecule is CCOc1ccc(N2C(=O)C(O)=C(C(=O)c3ccco3)C2c2ccncc2)cc1. The van der Waals surface area contributed by atoms with Gasteiger partial charge in [0.2, 0.25) is 5.78 Å². The minimum atomic E-state index is -0.818. The first kappa shape index (κ1) is 18.5. The van der Waals surface area contributed by atoms with Gasteiger partial charge < -0.3 is 14.3 Å². The number of aliphatic hydroxyl groups excluding tert-OH is 1.